The number of halogens is 3. The van der Waals surface area contributed by atoms with Crippen molar-refractivity contribution in [2.75, 3.05) is 7.11 Å². The van der Waals surface area contributed by atoms with Crippen LogP contribution in [0, 0.1) is 0 Å². The fraction of sp³-hybridized carbons (Fsp3) is 0.214. The number of aromatic nitrogens is 2. The van der Waals surface area contributed by atoms with E-state index in [-0.39, 0.29) is 0 Å². The molecule has 0 radical (unpaired) electrons. The summed E-state index contributed by atoms with van der Waals surface area (Å²) in [5, 5.41) is 3.72. The summed E-state index contributed by atoms with van der Waals surface area (Å²) in [5.41, 5.74) is 2.09. The van der Waals surface area contributed by atoms with Crippen molar-refractivity contribution in [1.82, 2.24) is 9.78 Å². The zero-order valence-electron chi connectivity index (χ0n) is 10.8. The second-order valence-electron chi connectivity index (χ2n) is 4.21. The van der Waals surface area contributed by atoms with Crippen LogP contribution in [-0.2, 0) is 6.54 Å². The molecule has 2 aromatic rings. The largest absolute Gasteiger partial charge is 0.496 e. The van der Waals surface area contributed by atoms with Crippen molar-refractivity contribution in [3.63, 3.8) is 0 Å². The fourth-order valence-electron chi connectivity index (χ4n) is 1.85. The van der Waals surface area contributed by atoms with Crippen molar-refractivity contribution >= 4 is 6.08 Å². The van der Waals surface area contributed by atoms with Crippen molar-refractivity contribution in [3.05, 3.63) is 42.7 Å². The van der Waals surface area contributed by atoms with Gasteiger partial charge >= 0.3 is 6.18 Å². The van der Waals surface area contributed by atoms with Crippen LogP contribution in [0.15, 0.2) is 37.2 Å². The smallest absolute Gasteiger partial charge is 0.408 e. The molecule has 0 unspecified atom stereocenters. The molecule has 0 N–H and O–H groups in total. The Labute approximate surface area is 114 Å². The highest BCUT2D eigenvalue weighted by molar-refractivity contribution is 5.72. The zero-order chi connectivity index (χ0) is 14.8. The van der Waals surface area contributed by atoms with Crippen LogP contribution < -0.4 is 4.74 Å². The molecule has 0 aliphatic carbocycles. The lowest BCUT2D eigenvalue weighted by Gasteiger charge is -2.08. The minimum absolute atomic E-state index is 0.565. The Morgan fingerprint density at radius 2 is 2.15 bits per heavy atom. The van der Waals surface area contributed by atoms with E-state index in [9.17, 15) is 13.2 Å². The van der Waals surface area contributed by atoms with Crippen molar-refractivity contribution in [1.29, 1.82) is 0 Å². The minimum atomic E-state index is -4.30. The molecule has 20 heavy (non-hydrogen) atoms. The molecule has 1 aromatic carbocycles. The van der Waals surface area contributed by atoms with Crippen molar-refractivity contribution in [2.24, 2.45) is 0 Å². The molecule has 106 valence electrons. The van der Waals surface area contributed by atoms with Gasteiger partial charge in [0.05, 0.1) is 13.3 Å². The van der Waals surface area contributed by atoms with E-state index in [0.29, 0.717) is 16.9 Å². The summed E-state index contributed by atoms with van der Waals surface area (Å²) in [5.74, 6) is 0.571. The van der Waals surface area contributed by atoms with Gasteiger partial charge in [-0.15, -0.1) is 0 Å². The van der Waals surface area contributed by atoms with Crippen LogP contribution in [0.1, 0.15) is 5.56 Å². The summed E-state index contributed by atoms with van der Waals surface area (Å²) in [4.78, 5) is 0. The van der Waals surface area contributed by atoms with Gasteiger partial charge in [-0.05, 0) is 17.7 Å². The van der Waals surface area contributed by atoms with Gasteiger partial charge in [-0.1, -0.05) is 18.7 Å². The van der Waals surface area contributed by atoms with Gasteiger partial charge in [0.15, 0.2) is 0 Å². The van der Waals surface area contributed by atoms with Gasteiger partial charge in [0.1, 0.15) is 12.3 Å². The van der Waals surface area contributed by atoms with Crippen LogP contribution in [0.3, 0.4) is 0 Å². The van der Waals surface area contributed by atoms with Crippen LogP contribution in [0.2, 0.25) is 0 Å². The summed E-state index contributed by atoms with van der Waals surface area (Å²) in [6.07, 6.45) is 0.0914. The molecule has 0 bridgehead atoms. The first kappa shape index (κ1) is 14.2. The molecule has 0 atom stereocenters. The lowest BCUT2D eigenvalue weighted by Crippen LogP contribution is -2.17. The second-order valence-corrected chi connectivity index (χ2v) is 4.21. The third-order valence-electron chi connectivity index (χ3n) is 2.74. The van der Waals surface area contributed by atoms with Gasteiger partial charge < -0.3 is 4.74 Å². The number of hydrogen-bond acceptors (Lipinski definition) is 2. The lowest BCUT2D eigenvalue weighted by atomic mass is 10.0. The molecule has 6 heteroatoms. The summed E-state index contributed by atoms with van der Waals surface area (Å²) >= 11 is 0. The van der Waals surface area contributed by atoms with Gasteiger partial charge in [0.25, 0.3) is 0 Å². The van der Waals surface area contributed by atoms with Gasteiger partial charge in [0, 0.05) is 17.3 Å². The predicted molar refractivity (Wildman–Crippen MR) is 70.4 cm³/mol. The second kappa shape index (κ2) is 5.40. The summed E-state index contributed by atoms with van der Waals surface area (Å²) in [7, 11) is 1.51. The normalized spacial score (nSPS) is 11.4. The van der Waals surface area contributed by atoms with E-state index >= 15 is 0 Å². The van der Waals surface area contributed by atoms with Crippen LogP contribution in [0.5, 0.6) is 5.75 Å². The Kier molecular flexibility index (Phi) is 3.83. The maximum atomic E-state index is 12.3. The lowest BCUT2D eigenvalue weighted by molar-refractivity contribution is -0.142. The maximum absolute atomic E-state index is 12.3. The summed E-state index contributed by atoms with van der Waals surface area (Å²) in [6.45, 7) is 2.55. The standard InChI is InChI=1S/C14H13F3N2O/c1-3-10-4-5-13(20-2)12(6-10)11-7-18-19(8-11)9-14(15,16)17/h3-8H,1,9H2,2H3. The van der Waals surface area contributed by atoms with E-state index in [0.717, 1.165) is 10.2 Å². The Bertz CT molecular complexity index is 617. The zero-order valence-corrected chi connectivity index (χ0v) is 10.8. The summed E-state index contributed by atoms with van der Waals surface area (Å²) < 4.78 is 43.0. The number of hydrogen-bond donors (Lipinski definition) is 0. The van der Waals surface area contributed by atoms with E-state index in [4.69, 9.17) is 4.74 Å². The number of benzene rings is 1. The highest BCUT2D eigenvalue weighted by Crippen LogP contribution is 2.31. The number of rotatable bonds is 4. The van der Waals surface area contributed by atoms with Crippen LogP contribution >= 0.6 is 0 Å². The van der Waals surface area contributed by atoms with E-state index in [2.05, 4.69) is 11.7 Å². The van der Waals surface area contributed by atoms with E-state index in [1.54, 1.807) is 18.2 Å². The molecule has 0 saturated heterocycles. The first-order valence-electron chi connectivity index (χ1n) is 5.83. The van der Waals surface area contributed by atoms with Gasteiger partial charge in [0.2, 0.25) is 0 Å². The number of ether oxygens (including phenoxy) is 1. The molecule has 0 aliphatic rings. The van der Waals surface area contributed by atoms with Crippen LogP contribution in [0.25, 0.3) is 17.2 Å². The number of nitrogens with zero attached hydrogens (tertiary/aromatic N) is 2. The number of alkyl halides is 3. The highest BCUT2D eigenvalue weighted by Gasteiger charge is 2.28. The van der Waals surface area contributed by atoms with E-state index in [1.807, 2.05) is 6.07 Å². The van der Waals surface area contributed by atoms with Gasteiger partial charge in [-0.2, -0.15) is 18.3 Å². The molecular formula is C14H13F3N2O. The average Bonchev–Trinajstić information content (AvgIpc) is 2.84. The van der Waals surface area contributed by atoms with Crippen LogP contribution in [-0.4, -0.2) is 23.1 Å². The van der Waals surface area contributed by atoms with E-state index < -0.39 is 12.7 Å². The molecule has 0 aliphatic heterocycles. The molecule has 0 spiro atoms. The first-order chi connectivity index (χ1) is 9.43. The quantitative estimate of drug-likeness (QED) is 0.853. The highest BCUT2D eigenvalue weighted by atomic mass is 19.4. The number of methoxy groups -OCH3 is 1. The molecule has 0 fully saturated rings. The van der Waals surface area contributed by atoms with Crippen molar-refractivity contribution in [2.45, 2.75) is 12.7 Å². The Morgan fingerprint density at radius 1 is 1.40 bits per heavy atom. The van der Waals surface area contributed by atoms with Gasteiger partial charge in [-0.3, -0.25) is 4.68 Å². The SMILES string of the molecule is C=Cc1ccc(OC)c(-c2cnn(CC(F)(F)F)c2)c1. The molecule has 3 nitrogen and oxygen atoms in total. The molecule has 2 rings (SSSR count). The molecule has 1 aromatic heterocycles. The van der Waals surface area contributed by atoms with Crippen molar-refractivity contribution < 1.29 is 17.9 Å². The predicted octanol–water partition coefficient (Wildman–Crippen LogP) is 3.76. The molecular weight excluding hydrogens is 269 g/mol. The van der Waals surface area contributed by atoms with Gasteiger partial charge in [-0.25, -0.2) is 0 Å². The first-order valence-corrected chi connectivity index (χ1v) is 5.83. The average molecular weight is 282 g/mol. The third-order valence-corrected chi connectivity index (χ3v) is 2.74. The Hall–Kier alpha value is -2.24. The topological polar surface area (TPSA) is 27.1 Å². The van der Waals surface area contributed by atoms with E-state index in [1.165, 1.54) is 19.5 Å². The minimum Gasteiger partial charge on any atom is -0.496 e. The molecule has 0 saturated carbocycles. The third kappa shape index (κ3) is 3.20. The monoisotopic (exact) mass is 282 g/mol. The Morgan fingerprint density at radius 3 is 2.75 bits per heavy atom. The molecule has 0 amide bonds. The molecule has 1 heterocycles. The fourth-order valence-corrected chi connectivity index (χ4v) is 1.85. The maximum Gasteiger partial charge on any atom is 0.408 e. The van der Waals surface area contributed by atoms with Crippen molar-refractivity contribution in [3.8, 4) is 16.9 Å². The summed E-state index contributed by atoms with van der Waals surface area (Å²) in [6, 6.07) is 5.35. The Balaban J connectivity index is 2.38. The van der Waals surface area contributed by atoms with Crippen LogP contribution in [0.4, 0.5) is 13.2 Å².